The van der Waals surface area contributed by atoms with Gasteiger partial charge in [-0.05, 0) is 31.4 Å². The molecule has 0 radical (unpaired) electrons. The van der Waals surface area contributed by atoms with Crippen LogP contribution in [0.15, 0.2) is 16.5 Å². The highest BCUT2D eigenvalue weighted by Gasteiger charge is 2.30. The van der Waals surface area contributed by atoms with Crippen molar-refractivity contribution in [3.05, 3.63) is 23.7 Å². The fourth-order valence-corrected chi connectivity index (χ4v) is 3.94. The fourth-order valence-electron chi connectivity index (χ4n) is 3.94. The second kappa shape index (κ2) is 9.23. The maximum Gasteiger partial charge on any atom is 0.373 e. The molecule has 0 unspecified atom stereocenters. The van der Waals surface area contributed by atoms with Gasteiger partial charge < -0.3 is 19.0 Å². The lowest BCUT2D eigenvalue weighted by Crippen LogP contribution is -2.44. The third kappa shape index (κ3) is 4.92. The van der Waals surface area contributed by atoms with E-state index in [1.54, 1.807) is 19.1 Å². The maximum atomic E-state index is 12.9. The van der Waals surface area contributed by atoms with E-state index in [4.69, 9.17) is 4.42 Å². The second-order valence-electron chi connectivity index (χ2n) is 7.49. The van der Waals surface area contributed by atoms with Crippen LogP contribution in [0, 0.1) is 5.92 Å². The summed E-state index contributed by atoms with van der Waals surface area (Å²) in [7, 11) is 1.33. The van der Waals surface area contributed by atoms with Crippen LogP contribution in [0.25, 0.3) is 0 Å². The van der Waals surface area contributed by atoms with Crippen molar-refractivity contribution in [3.63, 3.8) is 0 Å². The molecular weight excluding hydrogens is 362 g/mol. The van der Waals surface area contributed by atoms with Crippen LogP contribution in [-0.4, -0.2) is 78.9 Å². The smallest absolute Gasteiger partial charge is 0.373 e. The molecule has 154 valence electrons. The van der Waals surface area contributed by atoms with Crippen LogP contribution in [0.5, 0.6) is 0 Å². The van der Waals surface area contributed by atoms with Crippen LogP contribution in [0.1, 0.15) is 42.5 Å². The molecule has 0 N–H and O–H groups in total. The lowest BCUT2D eigenvalue weighted by Gasteiger charge is -2.33. The first-order chi connectivity index (χ1) is 13.5. The number of esters is 1. The van der Waals surface area contributed by atoms with Gasteiger partial charge in [0.1, 0.15) is 5.76 Å². The highest BCUT2D eigenvalue weighted by Crippen LogP contribution is 2.21. The standard InChI is InChI=1S/C20H29N3O5/c1-15(24)22-10-6-16(7-11-22)19(25)23-9-3-8-21(12-13-23)14-17-4-5-18(28-17)20(26)27-2/h4-5,16H,3,6-14H2,1-2H3. The minimum absolute atomic E-state index is 0.0230. The number of carbonyl (C=O) groups is 3. The fraction of sp³-hybridized carbons (Fsp3) is 0.650. The Morgan fingerprint density at radius 1 is 1.04 bits per heavy atom. The van der Waals surface area contributed by atoms with Crippen LogP contribution >= 0.6 is 0 Å². The first-order valence-corrected chi connectivity index (χ1v) is 9.91. The molecule has 1 aromatic heterocycles. The van der Waals surface area contributed by atoms with E-state index in [1.807, 2.05) is 9.80 Å². The Labute approximate surface area is 165 Å². The average molecular weight is 391 g/mol. The summed E-state index contributed by atoms with van der Waals surface area (Å²) in [6.07, 6.45) is 2.41. The lowest BCUT2D eigenvalue weighted by atomic mass is 9.95. The summed E-state index contributed by atoms with van der Waals surface area (Å²) in [4.78, 5) is 41.9. The van der Waals surface area contributed by atoms with Crippen LogP contribution in [0.3, 0.4) is 0 Å². The lowest BCUT2D eigenvalue weighted by molar-refractivity contribution is -0.140. The summed E-state index contributed by atoms with van der Waals surface area (Å²) in [5.74, 6) is 0.781. The molecule has 0 aromatic carbocycles. The number of furan rings is 1. The predicted octanol–water partition coefficient (Wildman–Crippen LogP) is 1.36. The topological polar surface area (TPSA) is 83.3 Å². The van der Waals surface area contributed by atoms with Crippen LogP contribution < -0.4 is 0 Å². The molecule has 0 bridgehead atoms. The highest BCUT2D eigenvalue weighted by atomic mass is 16.5. The zero-order valence-corrected chi connectivity index (χ0v) is 16.7. The summed E-state index contributed by atoms with van der Waals surface area (Å²) in [5, 5.41) is 0. The van der Waals surface area contributed by atoms with E-state index in [2.05, 4.69) is 9.64 Å². The average Bonchev–Trinajstić information content (AvgIpc) is 3.05. The molecule has 28 heavy (non-hydrogen) atoms. The summed E-state index contributed by atoms with van der Waals surface area (Å²) < 4.78 is 10.2. The van der Waals surface area contributed by atoms with Crippen molar-refractivity contribution in [2.75, 3.05) is 46.4 Å². The number of methoxy groups -OCH3 is 1. The summed E-state index contributed by atoms with van der Waals surface area (Å²) >= 11 is 0. The Balaban J connectivity index is 1.49. The highest BCUT2D eigenvalue weighted by molar-refractivity contribution is 5.86. The Kier molecular flexibility index (Phi) is 6.72. The maximum absolute atomic E-state index is 12.9. The van der Waals surface area contributed by atoms with Crippen molar-refractivity contribution < 1.29 is 23.5 Å². The van der Waals surface area contributed by atoms with Gasteiger partial charge in [0.05, 0.1) is 13.7 Å². The molecule has 0 spiro atoms. The van der Waals surface area contributed by atoms with E-state index < -0.39 is 5.97 Å². The zero-order valence-electron chi connectivity index (χ0n) is 16.7. The molecule has 0 aliphatic carbocycles. The van der Waals surface area contributed by atoms with Crippen molar-refractivity contribution >= 4 is 17.8 Å². The molecule has 8 nitrogen and oxygen atoms in total. The van der Waals surface area contributed by atoms with Crippen molar-refractivity contribution in [2.45, 2.75) is 32.7 Å². The Bertz CT molecular complexity index is 708. The number of hydrogen-bond acceptors (Lipinski definition) is 6. The molecule has 0 atom stereocenters. The number of piperidine rings is 1. The number of rotatable bonds is 4. The number of amides is 2. The Morgan fingerprint density at radius 3 is 2.46 bits per heavy atom. The number of ether oxygens (including phenoxy) is 1. The molecule has 3 rings (SSSR count). The molecule has 3 heterocycles. The SMILES string of the molecule is COC(=O)c1ccc(CN2CCCN(C(=O)C3CCN(C(C)=O)CC3)CC2)o1. The van der Waals surface area contributed by atoms with E-state index in [1.165, 1.54) is 7.11 Å². The van der Waals surface area contributed by atoms with E-state index in [0.29, 0.717) is 26.2 Å². The molecule has 8 heteroatoms. The van der Waals surface area contributed by atoms with Gasteiger partial charge in [-0.2, -0.15) is 0 Å². The summed E-state index contributed by atoms with van der Waals surface area (Å²) in [6.45, 7) is 6.63. The molecule has 2 aliphatic rings. The van der Waals surface area contributed by atoms with E-state index in [9.17, 15) is 14.4 Å². The number of likely N-dealkylation sites (tertiary alicyclic amines) is 1. The van der Waals surface area contributed by atoms with Crippen molar-refractivity contribution in [2.24, 2.45) is 5.92 Å². The van der Waals surface area contributed by atoms with Gasteiger partial charge in [-0.15, -0.1) is 0 Å². The molecule has 2 saturated heterocycles. The third-order valence-electron chi connectivity index (χ3n) is 5.62. The van der Waals surface area contributed by atoms with Gasteiger partial charge in [-0.1, -0.05) is 0 Å². The Hall–Kier alpha value is -2.35. The van der Waals surface area contributed by atoms with Crippen molar-refractivity contribution in [1.82, 2.24) is 14.7 Å². The van der Waals surface area contributed by atoms with Gasteiger partial charge in [0.2, 0.25) is 17.6 Å². The quantitative estimate of drug-likeness (QED) is 0.721. The van der Waals surface area contributed by atoms with Crippen LogP contribution in [0.4, 0.5) is 0 Å². The molecule has 2 amide bonds. The molecule has 2 fully saturated rings. The minimum atomic E-state index is -0.477. The largest absolute Gasteiger partial charge is 0.463 e. The van der Waals surface area contributed by atoms with Crippen molar-refractivity contribution in [1.29, 1.82) is 0 Å². The van der Waals surface area contributed by atoms with Gasteiger partial charge in [-0.3, -0.25) is 14.5 Å². The first kappa shape index (κ1) is 20.4. The van der Waals surface area contributed by atoms with Gasteiger partial charge in [0, 0.05) is 52.1 Å². The molecule has 0 saturated carbocycles. The van der Waals surface area contributed by atoms with Gasteiger partial charge in [-0.25, -0.2) is 4.79 Å². The zero-order chi connectivity index (χ0) is 20.1. The molecule has 2 aliphatic heterocycles. The van der Waals surface area contributed by atoms with Crippen LogP contribution in [-0.2, 0) is 20.9 Å². The third-order valence-corrected chi connectivity index (χ3v) is 5.62. The Morgan fingerprint density at radius 2 is 1.79 bits per heavy atom. The number of nitrogens with zero attached hydrogens (tertiary/aromatic N) is 3. The molecule has 1 aromatic rings. The second-order valence-corrected chi connectivity index (χ2v) is 7.49. The van der Waals surface area contributed by atoms with Crippen molar-refractivity contribution in [3.8, 4) is 0 Å². The van der Waals surface area contributed by atoms with Gasteiger partial charge in [0.15, 0.2) is 0 Å². The molecular formula is C20H29N3O5. The summed E-state index contributed by atoms with van der Waals surface area (Å²) in [6, 6.07) is 3.42. The predicted molar refractivity (Wildman–Crippen MR) is 101 cm³/mol. The van der Waals surface area contributed by atoms with E-state index >= 15 is 0 Å². The van der Waals surface area contributed by atoms with Crippen LogP contribution in [0.2, 0.25) is 0 Å². The van der Waals surface area contributed by atoms with Gasteiger partial charge in [0.25, 0.3) is 0 Å². The first-order valence-electron chi connectivity index (χ1n) is 9.91. The normalized spacial score (nSPS) is 19.4. The van der Waals surface area contributed by atoms with E-state index in [-0.39, 0.29) is 23.5 Å². The summed E-state index contributed by atoms with van der Waals surface area (Å²) in [5.41, 5.74) is 0. The monoisotopic (exact) mass is 391 g/mol. The van der Waals surface area contributed by atoms with Gasteiger partial charge >= 0.3 is 5.97 Å². The number of carbonyl (C=O) groups excluding carboxylic acids is 3. The van der Waals surface area contributed by atoms with E-state index in [0.717, 1.165) is 44.7 Å². The number of hydrogen-bond donors (Lipinski definition) is 0. The minimum Gasteiger partial charge on any atom is -0.463 e.